The van der Waals surface area contributed by atoms with Gasteiger partial charge in [-0.1, -0.05) is 0 Å². The summed E-state index contributed by atoms with van der Waals surface area (Å²) < 4.78 is 1.59. The van der Waals surface area contributed by atoms with Crippen LogP contribution < -0.4 is 11.3 Å². The molecule has 0 aromatic carbocycles. The van der Waals surface area contributed by atoms with Crippen molar-refractivity contribution in [2.45, 2.75) is 33.4 Å². The first-order valence-electron chi connectivity index (χ1n) is 4.31. The van der Waals surface area contributed by atoms with Crippen molar-refractivity contribution in [3.63, 3.8) is 0 Å². The Morgan fingerprint density at radius 3 is 2.69 bits per heavy atom. The molecule has 0 aliphatic rings. The van der Waals surface area contributed by atoms with Crippen molar-refractivity contribution in [1.82, 2.24) is 9.55 Å². The summed E-state index contributed by atoms with van der Waals surface area (Å²) in [4.78, 5) is 15.7. The number of rotatable bonds is 2. The van der Waals surface area contributed by atoms with Gasteiger partial charge in [-0.15, -0.1) is 0 Å². The van der Waals surface area contributed by atoms with Gasteiger partial charge < -0.3 is 5.73 Å². The highest BCUT2D eigenvalue weighted by Gasteiger charge is 2.04. The van der Waals surface area contributed by atoms with Gasteiger partial charge >= 0.3 is 0 Å². The lowest BCUT2D eigenvalue weighted by Crippen LogP contribution is -2.31. The fraction of sp³-hybridized carbons (Fsp3) is 0.556. The number of hydrogen-bond acceptors (Lipinski definition) is 3. The van der Waals surface area contributed by atoms with Gasteiger partial charge in [0, 0.05) is 24.3 Å². The molecule has 0 aliphatic carbocycles. The summed E-state index contributed by atoms with van der Waals surface area (Å²) in [5.41, 5.74) is 6.34. The molecule has 1 atom stereocenters. The van der Waals surface area contributed by atoms with Crippen LogP contribution in [0.25, 0.3) is 0 Å². The monoisotopic (exact) mass is 181 g/mol. The molecule has 1 heterocycles. The highest BCUT2D eigenvalue weighted by atomic mass is 16.1. The molecule has 0 fully saturated rings. The largest absolute Gasteiger partial charge is 0.326 e. The van der Waals surface area contributed by atoms with E-state index >= 15 is 0 Å². The lowest BCUT2D eigenvalue weighted by molar-refractivity contribution is 0.549. The quantitative estimate of drug-likeness (QED) is 0.709. The molecule has 0 amide bonds. The lowest BCUT2D eigenvalue weighted by Gasteiger charge is -2.11. The Labute approximate surface area is 77.4 Å². The molecule has 1 aromatic rings. The summed E-state index contributed by atoms with van der Waals surface area (Å²) >= 11 is 0. The number of aryl methyl sites for hydroxylation is 2. The second-order valence-electron chi connectivity index (χ2n) is 3.37. The van der Waals surface area contributed by atoms with Gasteiger partial charge in [0.05, 0.1) is 0 Å². The van der Waals surface area contributed by atoms with E-state index in [4.69, 9.17) is 5.73 Å². The molecule has 0 saturated carbocycles. The van der Waals surface area contributed by atoms with Crippen molar-refractivity contribution >= 4 is 0 Å². The van der Waals surface area contributed by atoms with Crippen LogP contribution in [0.5, 0.6) is 0 Å². The van der Waals surface area contributed by atoms with Gasteiger partial charge in [-0.2, -0.15) is 0 Å². The SMILES string of the molecule is Cc1cc(=O)n(C[C@@H](C)N)c(C)n1. The van der Waals surface area contributed by atoms with Gasteiger partial charge in [0.25, 0.3) is 5.56 Å². The van der Waals surface area contributed by atoms with Crippen LogP contribution in [0.3, 0.4) is 0 Å². The summed E-state index contributed by atoms with van der Waals surface area (Å²) in [6.07, 6.45) is 0. The Morgan fingerprint density at radius 2 is 2.23 bits per heavy atom. The Bertz CT molecular complexity index is 354. The molecule has 72 valence electrons. The molecule has 0 bridgehead atoms. The average Bonchev–Trinajstić information content (AvgIpc) is 1.96. The van der Waals surface area contributed by atoms with Crippen molar-refractivity contribution in [3.05, 3.63) is 27.9 Å². The summed E-state index contributed by atoms with van der Waals surface area (Å²) in [5.74, 6) is 0.724. The summed E-state index contributed by atoms with van der Waals surface area (Å²) in [6, 6.07) is 1.50. The van der Waals surface area contributed by atoms with Gasteiger partial charge in [-0.3, -0.25) is 9.36 Å². The third kappa shape index (κ3) is 2.39. The number of nitrogens with two attached hydrogens (primary N) is 1. The number of aromatic nitrogens is 2. The van der Waals surface area contributed by atoms with E-state index in [1.54, 1.807) is 4.57 Å². The second-order valence-corrected chi connectivity index (χ2v) is 3.37. The molecule has 0 radical (unpaired) electrons. The zero-order valence-corrected chi connectivity index (χ0v) is 8.24. The predicted octanol–water partition coefficient (Wildman–Crippen LogP) is 0.207. The van der Waals surface area contributed by atoms with Crippen molar-refractivity contribution in [3.8, 4) is 0 Å². The Hall–Kier alpha value is -1.16. The number of nitrogens with zero attached hydrogens (tertiary/aromatic N) is 2. The second kappa shape index (κ2) is 3.70. The van der Waals surface area contributed by atoms with Crippen LogP contribution in [0.1, 0.15) is 18.4 Å². The first-order valence-corrected chi connectivity index (χ1v) is 4.31. The normalized spacial score (nSPS) is 12.9. The zero-order chi connectivity index (χ0) is 10.0. The molecule has 4 nitrogen and oxygen atoms in total. The van der Waals surface area contributed by atoms with Crippen LogP contribution in [-0.4, -0.2) is 15.6 Å². The highest BCUT2D eigenvalue weighted by Crippen LogP contribution is 1.94. The van der Waals surface area contributed by atoms with Crippen LogP contribution in [0.15, 0.2) is 10.9 Å². The van der Waals surface area contributed by atoms with Crippen LogP contribution in [-0.2, 0) is 6.54 Å². The summed E-state index contributed by atoms with van der Waals surface area (Å²) in [7, 11) is 0. The molecular weight excluding hydrogens is 166 g/mol. The zero-order valence-electron chi connectivity index (χ0n) is 8.24. The molecule has 13 heavy (non-hydrogen) atoms. The van der Waals surface area contributed by atoms with E-state index in [0.717, 1.165) is 11.5 Å². The van der Waals surface area contributed by atoms with Crippen molar-refractivity contribution in [2.75, 3.05) is 0 Å². The first kappa shape index (κ1) is 9.92. The molecule has 1 aromatic heterocycles. The fourth-order valence-corrected chi connectivity index (χ4v) is 1.27. The third-order valence-electron chi connectivity index (χ3n) is 1.80. The van der Waals surface area contributed by atoms with Crippen molar-refractivity contribution < 1.29 is 0 Å². The first-order chi connectivity index (χ1) is 6.00. The molecular formula is C9H15N3O. The molecule has 2 N–H and O–H groups in total. The topological polar surface area (TPSA) is 60.9 Å². The van der Waals surface area contributed by atoms with Gasteiger partial charge in [0.1, 0.15) is 5.82 Å². The lowest BCUT2D eigenvalue weighted by atomic mass is 10.3. The summed E-state index contributed by atoms with van der Waals surface area (Å²) in [5, 5.41) is 0. The van der Waals surface area contributed by atoms with Crippen LogP contribution >= 0.6 is 0 Å². The highest BCUT2D eigenvalue weighted by molar-refractivity contribution is 5.01. The minimum atomic E-state index is -0.0269. The fourth-order valence-electron chi connectivity index (χ4n) is 1.27. The Balaban J connectivity index is 3.14. The Kier molecular flexibility index (Phi) is 2.83. The van der Waals surface area contributed by atoms with E-state index in [1.807, 2.05) is 20.8 Å². The van der Waals surface area contributed by atoms with E-state index in [2.05, 4.69) is 4.98 Å². The maximum atomic E-state index is 11.5. The molecule has 0 aliphatic heterocycles. The number of hydrogen-bond donors (Lipinski definition) is 1. The molecule has 0 unspecified atom stereocenters. The van der Waals surface area contributed by atoms with E-state index in [1.165, 1.54) is 6.07 Å². The van der Waals surface area contributed by atoms with Gasteiger partial charge in [-0.25, -0.2) is 4.98 Å². The van der Waals surface area contributed by atoms with Crippen molar-refractivity contribution in [1.29, 1.82) is 0 Å². The molecule has 4 heteroatoms. The van der Waals surface area contributed by atoms with Gasteiger partial charge in [-0.05, 0) is 20.8 Å². The van der Waals surface area contributed by atoms with Crippen LogP contribution in [0.2, 0.25) is 0 Å². The van der Waals surface area contributed by atoms with Crippen molar-refractivity contribution in [2.24, 2.45) is 5.73 Å². The van der Waals surface area contributed by atoms with E-state index in [-0.39, 0.29) is 11.6 Å². The maximum Gasteiger partial charge on any atom is 0.253 e. The summed E-state index contributed by atoms with van der Waals surface area (Å²) in [6.45, 7) is 6.02. The molecule has 0 saturated heterocycles. The van der Waals surface area contributed by atoms with Gasteiger partial charge in [0.15, 0.2) is 0 Å². The smallest absolute Gasteiger partial charge is 0.253 e. The minimum absolute atomic E-state index is 0.0256. The van der Waals surface area contributed by atoms with Crippen LogP contribution in [0, 0.1) is 13.8 Å². The molecule has 0 spiro atoms. The standard InChI is InChI=1S/C9H15N3O/c1-6(10)5-12-8(3)11-7(2)4-9(12)13/h4,6H,5,10H2,1-3H3/t6-/m1/s1. The molecule has 1 rings (SSSR count). The Morgan fingerprint density at radius 1 is 1.62 bits per heavy atom. The van der Waals surface area contributed by atoms with E-state index in [9.17, 15) is 4.79 Å². The predicted molar refractivity (Wildman–Crippen MR) is 51.6 cm³/mol. The van der Waals surface area contributed by atoms with E-state index in [0.29, 0.717) is 6.54 Å². The average molecular weight is 181 g/mol. The third-order valence-corrected chi connectivity index (χ3v) is 1.80. The van der Waals surface area contributed by atoms with Gasteiger partial charge in [0.2, 0.25) is 0 Å². The van der Waals surface area contributed by atoms with Crippen LogP contribution in [0.4, 0.5) is 0 Å². The van der Waals surface area contributed by atoms with E-state index < -0.39 is 0 Å². The maximum absolute atomic E-state index is 11.5. The minimum Gasteiger partial charge on any atom is -0.326 e.